The van der Waals surface area contributed by atoms with Gasteiger partial charge < -0.3 is 41.4 Å². The molecule has 1 aliphatic rings. The van der Waals surface area contributed by atoms with Crippen molar-refractivity contribution >= 4 is 47.3 Å². The maximum absolute atomic E-state index is 13.7. The number of anilines is 1. The van der Waals surface area contributed by atoms with Crippen LogP contribution in [0.5, 0.6) is 0 Å². The number of urea groups is 1. The molecule has 1 aliphatic carbocycles. The van der Waals surface area contributed by atoms with Gasteiger partial charge in [0.15, 0.2) is 0 Å². The number of alkyl carbamates (subject to hydrolysis) is 1. The highest BCUT2D eigenvalue weighted by Crippen LogP contribution is 2.44. The molecule has 292 valence electrons. The Morgan fingerprint density at radius 3 is 2.24 bits per heavy atom. The Morgan fingerprint density at radius 2 is 1.62 bits per heavy atom. The number of benzene rings is 3. The molecule has 6 amide bonds. The summed E-state index contributed by atoms with van der Waals surface area (Å²) in [5, 5.41) is 13.8. The average Bonchev–Trinajstić information content (AvgIpc) is 3.48. The van der Waals surface area contributed by atoms with Crippen LogP contribution in [0.3, 0.4) is 0 Å². The van der Waals surface area contributed by atoms with Crippen LogP contribution in [0.2, 0.25) is 0 Å². The zero-order valence-corrected chi connectivity index (χ0v) is 31.7. The van der Waals surface area contributed by atoms with Crippen molar-refractivity contribution in [2.45, 2.75) is 57.1 Å². The molecule has 0 radical (unpaired) electrons. The van der Waals surface area contributed by atoms with Crippen molar-refractivity contribution in [3.63, 3.8) is 0 Å². The first-order chi connectivity index (χ1) is 26.4. The van der Waals surface area contributed by atoms with Gasteiger partial charge in [-0.3, -0.25) is 9.59 Å². The molecule has 0 aliphatic heterocycles. The Kier molecular flexibility index (Phi) is 15.5. The number of halogens is 1. The Balaban J connectivity index is 1.42. The number of hydrogen-bond donors (Lipinski definition) is 5. The Morgan fingerprint density at radius 1 is 0.945 bits per heavy atom. The standard InChI is InChI=1S/C38H46ClN9O7/c1-23(2)33(46-37(52)54-18-17-43-47-41)35(50)45-32(13-8-16-42-36(40)51)34(49)44-26-15-14-24(20-39)25(19-26)21-48(3)38(53)55-22-31-29-11-6-4-9-27(29)28-10-5-7-12-30(28)31/h4-7,9-12,14-15,19,23,31-33H,8,13,16-18,20-22H2,1-3H3,(H,44,49)(H,45,50)(H,46,52)(H3,40,42,51)/t32-,33-/m0/s1. The summed E-state index contributed by atoms with van der Waals surface area (Å²) in [6.45, 7) is 3.57. The monoisotopic (exact) mass is 775 g/mol. The Labute approximate surface area is 324 Å². The molecule has 2 atom stereocenters. The number of nitrogens with one attached hydrogen (secondary N) is 4. The van der Waals surface area contributed by atoms with Gasteiger partial charge in [0.1, 0.15) is 18.7 Å². The zero-order chi connectivity index (χ0) is 39.9. The third-order valence-electron chi connectivity index (χ3n) is 8.98. The minimum absolute atomic E-state index is 0.0800. The summed E-state index contributed by atoms with van der Waals surface area (Å²) in [6.07, 6.45) is -1.04. The zero-order valence-electron chi connectivity index (χ0n) is 30.9. The molecule has 0 bridgehead atoms. The number of fused-ring (bicyclic) bond motifs is 3. The molecule has 55 heavy (non-hydrogen) atoms. The molecule has 0 unspecified atom stereocenters. The van der Waals surface area contributed by atoms with Gasteiger partial charge in [0.2, 0.25) is 11.8 Å². The number of carbonyl (C=O) groups excluding carboxylic acids is 5. The van der Waals surface area contributed by atoms with Gasteiger partial charge in [-0.15, -0.1) is 11.6 Å². The molecule has 17 heteroatoms. The second kappa shape index (κ2) is 20.5. The van der Waals surface area contributed by atoms with Crippen LogP contribution >= 0.6 is 11.6 Å². The van der Waals surface area contributed by atoms with Crippen molar-refractivity contribution < 1.29 is 33.4 Å². The smallest absolute Gasteiger partial charge is 0.409 e. The van der Waals surface area contributed by atoms with E-state index in [1.807, 2.05) is 36.4 Å². The molecule has 0 fully saturated rings. The number of alkyl halides is 1. The SMILES string of the molecule is CC(C)[C@H](NC(=O)OCCN=[N+]=[N-])C(=O)N[C@@H](CCCNC(N)=O)C(=O)Nc1ccc(CCl)c(CN(C)C(=O)OCC2c3ccccc3-c3ccccc32)c1. The summed E-state index contributed by atoms with van der Waals surface area (Å²) in [6, 6.07) is 18.3. The Hall–Kier alpha value is -5.99. The number of hydrogen-bond acceptors (Lipinski definition) is 8. The number of nitrogens with two attached hydrogens (primary N) is 1. The number of azide groups is 1. The minimum atomic E-state index is -1.09. The molecule has 16 nitrogen and oxygen atoms in total. The van der Waals surface area contributed by atoms with Crippen LogP contribution in [-0.2, 0) is 31.5 Å². The number of amides is 6. The number of ether oxygens (including phenoxy) is 2. The molecular formula is C38H46ClN9O7. The van der Waals surface area contributed by atoms with Crippen LogP contribution in [0.25, 0.3) is 21.6 Å². The normalized spacial score (nSPS) is 12.6. The lowest BCUT2D eigenvalue weighted by atomic mass is 9.98. The minimum Gasteiger partial charge on any atom is -0.449 e. The second-order valence-corrected chi connectivity index (χ2v) is 13.5. The summed E-state index contributed by atoms with van der Waals surface area (Å²) in [5.74, 6) is -1.57. The molecule has 6 N–H and O–H groups in total. The molecule has 3 aromatic carbocycles. The molecule has 0 saturated carbocycles. The van der Waals surface area contributed by atoms with Crippen molar-refractivity contribution in [1.82, 2.24) is 20.9 Å². The first-order valence-corrected chi connectivity index (χ1v) is 18.3. The highest BCUT2D eigenvalue weighted by Gasteiger charge is 2.31. The first-order valence-electron chi connectivity index (χ1n) is 17.8. The van der Waals surface area contributed by atoms with Crippen LogP contribution in [0.15, 0.2) is 71.8 Å². The molecule has 0 aromatic heterocycles. The molecule has 0 saturated heterocycles. The fraction of sp³-hybridized carbons (Fsp3) is 0.395. The van der Waals surface area contributed by atoms with Gasteiger partial charge in [-0.05, 0) is 69.8 Å². The molecular weight excluding hydrogens is 730 g/mol. The fourth-order valence-electron chi connectivity index (χ4n) is 6.21. The Bertz CT molecular complexity index is 1860. The van der Waals surface area contributed by atoms with Crippen LogP contribution in [0.1, 0.15) is 54.9 Å². The van der Waals surface area contributed by atoms with Gasteiger partial charge in [-0.25, -0.2) is 14.4 Å². The van der Waals surface area contributed by atoms with E-state index in [1.54, 1.807) is 39.1 Å². The van der Waals surface area contributed by atoms with Gasteiger partial charge in [0.25, 0.3) is 0 Å². The van der Waals surface area contributed by atoms with Crippen LogP contribution in [-0.4, -0.2) is 80.4 Å². The number of nitrogens with zero attached hydrogens (tertiary/aromatic N) is 4. The van der Waals surface area contributed by atoms with Crippen LogP contribution < -0.4 is 27.0 Å². The van der Waals surface area contributed by atoms with E-state index in [1.165, 1.54) is 4.90 Å². The van der Waals surface area contributed by atoms with Crippen molar-refractivity contribution in [1.29, 1.82) is 0 Å². The van der Waals surface area contributed by atoms with E-state index in [0.29, 0.717) is 11.3 Å². The predicted octanol–water partition coefficient (Wildman–Crippen LogP) is 5.74. The largest absolute Gasteiger partial charge is 0.449 e. The van der Waals surface area contributed by atoms with Crippen molar-refractivity contribution in [2.24, 2.45) is 16.8 Å². The van der Waals surface area contributed by atoms with Gasteiger partial charge >= 0.3 is 18.2 Å². The lowest BCUT2D eigenvalue weighted by Gasteiger charge is -2.25. The highest BCUT2D eigenvalue weighted by molar-refractivity contribution is 6.17. The molecule has 0 heterocycles. The third-order valence-corrected chi connectivity index (χ3v) is 9.27. The van der Waals surface area contributed by atoms with E-state index in [4.69, 9.17) is 32.3 Å². The molecule has 3 aromatic rings. The first kappa shape index (κ1) is 41.8. The number of carbonyl (C=O) groups is 5. The van der Waals surface area contributed by atoms with E-state index in [-0.39, 0.29) is 57.5 Å². The summed E-state index contributed by atoms with van der Waals surface area (Å²) in [7, 11) is 1.61. The molecule has 0 spiro atoms. The summed E-state index contributed by atoms with van der Waals surface area (Å²) >= 11 is 6.26. The topological polar surface area (TPSA) is 230 Å². The van der Waals surface area contributed by atoms with Crippen molar-refractivity contribution in [3.8, 4) is 11.1 Å². The number of rotatable bonds is 18. The predicted molar refractivity (Wildman–Crippen MR) is 207 cm³/mol. The number of primary amides is 1. The van der Waals surface area contributed by atoms with E-state index in [0.717, 1.165) is 27.8 Å². The highest BCUT2D eigenvalue weighted by atomic mass is 35.5. The van der Waals surface area contributed by atoms with Crippen molar-refractivity contribution in [3.05, 3.63) is 99.4 Å². The second-order valence-electron chi connectivity index (χ2n) is 13.2. The lowest BCUT2D eigenvalue weighted by Crippen LogP contribution is -2.54. The van der Waals surface area contributed by atoms with Gasteiger partial charge in [0.05, 0.1) is 13.2 Å². The maximum atomic E-state index is 13.7. The summed E-state index contributed by atoms with van der Waals surface area (Å²) in [5.41, 5.74) is 19.8. The van der Waals surface area contributed by atoms with Crippen LogP contribution in [0, 0.1) is 5.92 Å². The van der Waals surface area contributed by atoms with Gasteiger partial charge in [-0.1, -0.05) is 73.6 Å². The summed E-state index contributed by atoms with van der Waals surface area (Å²) < 4.78 is 10.8. The van der Waals surface area contributed by atoms with Crippen molar-refractivity contribution in [2.75, 3.05) is 38.7 Å². The fourth-order valence-corrected chi connectivity index (χ4v) is 6.47. The quantitative estimate of drug-likeness (QED) is 0.0353. The lowest BCUT2D eigenvalue weighted by molar-refractivity contribution is -0.128. The molecule has 4 rings (SSSR count). The van der Waals surface area contributed by atoms with E-state index in [2.05, 4.69) is 43.4 Å². The van der Waals surface area contributed by atoms with E-state index in [9.17, 15) is 24.0 Å². The average molecular weight is 776 g/mol. The van der Waals surface area contributed by atoms with E-state index < -0.39 is 48.0 Å². The summed E-state index contributed by atoms with van der Waals surface area (Å²) in [4.78, 5) is 67.9. The third kappa shape index (κ3) is 11.7. The maximum Gasteiger partial charge on any atom is 0.409 e. The van der Waals surface area contributed by atoms with Crippen LogP contribution in [0.4, 0.5) is 20.1 Å². The van der Waals surface area contributed by atoms with Gasteiger partial charge in [0, 0.05) is 42.5 Å². The van der Waals surface area contributed by atoms with E-state index >= 15 is 0 Å². The van der Waals surface area contributed by atoms with Gasteiger partial charge in [-0.2, -0.15) is 0 Å².